The zero-order valence-corrected chi connectivity index (χ0v) is 13.3. The van der Waals surface area contributed by atoms with E-state index in [1.807, 2.05) is 0 Å². The largest absolute Gasteiger partial charge is 0.481 e. The Hall–Kier alpha value is -1.56. The van der Waals surface area contributed by atoms with Crippen molar-refractivity contribution < 1.29 is 14.7 Å². The SMILES string of the molecule is NC(=O)c1ccc(NCC2(C(=O)O)CCCCC2)cc1Br. The minimum Gasteiger partial charge on any atom is -0.481 e. The molecule has 5 nitrogen and oxygen atoms in total. The fourth-order valence-electron chi connectivity index (χ4n) is 2.79. The van der Waals surface area contributed by atoms with Crippen LogP contribution in [0.1, 0.15) is 42.5 Å². The van der Waals surface area contributed by atoms with Crippen molar-refractivity contribution in [3.8, 4) is 0 Å². The van der Waals surface area contributed by atoms with Crippen molar-refractivity contribution >= 4 is 33.5 Å². The van der Waals surface area contributed by atoms with Crippen molar-refractivity contribution in [3.05, 3.63) is 28.2 Å². The van der Waals surface area contributed by atoms with E-state index in [2.05, 4.69) is 21.2 Å². The van der Waals surface area contributed by atoms with E-state index in [9.17, 15) is 14.7 Å². The number of carbonyl (C=O) groups excluding carboxylic acids is 1. The van der Waals surface area contributed by atoms with Gasteiger partial charge in [0.15, 0.2) is 0 Å². The van der Waals surface area contributed by atoms with Crippen molar-refractivity contribution in [2.24, 2.45) is 11.1 Å². The third-order valence-electron chi connectivity index (χ3n) is 4.13. The number of nitrogens with two attached hydrogens (primary N) is 1. The summed E-state index contributed by atoms with van der Waals surface area (Å²) in [5, 5.41) is 12.7. The molecule has 0 aromatic heterocycles. The summed E-state index contributed by atoms with van der Waals surface area (Å²) >= 11 is 3.30. The van der Waals surface area contributed by atoms with E-state index in [1.165, 1.54) is 0 Å². The monoisotopic (exact) mass is 354 g/mol. The molecule has 0 radical (unpaired) electrons. The van der Waals surface area contributed by atoms with E-state index >= 15 is 0 Å². The Morgan fingerprint density at radius 1 is 1.29 bits per heavy atom. The lowest BCUT2D eigenvalue weighted by Crippen LogP contribution is -2.39. The van der Waals surface area contributed by atoms with Crippen molar-refractivity contribution in [2.75, 3.05) is 11.9 Å². The zero-order chi connectivity index (χ0) is 15.5. The predicted molar refractivity (Wildman–Crippen MR) is 84.3 cm³/mol. The molecule has 1 fully saturated rings. The highest BCUT2D eigenvalue weighted by molar-refractivity contribution is 9.10. The molecule has 0 saturated heterocycles. The Morgan fingerprint density at radius 3 is 2.48 bits per heavy atom. The standard InChI is InChI=1S/C15H19BrN2O3/c16-12-8-10(4-5-11(12)13(17)19)18-9-15(14(20)21)6-2-1-3-7-15/h4-5,8,18H,1-3,6-7,9H2,(H2,17,19)(H,20,21). The lowest BCUT2D eigenvalue weighted by Gasteiger charge is -2.33. The second kappa shape index (κ2) is 6.47. The highest BCUT2D eigenvalue weighted by atomic mass is 79.9. The summed E-state index contributed by atoms with van der Waals surface area (Å²) in [6.07, 6.45) is 4.43. The number of benzene rings is 1. The van der Waals surface area contributed by atoms with Gasteiger partial charge in [0.1, 0.15) is 0 Å². The fraction of sp³-hybridized carbons (Fsp3) is 0.467. The van der Waals surface area contributed by atoms with E-state index < -0.39 is 17.3 Å². The van der Waals surface area contributed by atoms with Gasteiger partial charge in [0.25, 0.3) is 0 Å². The third-order valence-corrected chi connectivity index (χ3v) is 4.79. The number of anilines is 1. The van der Waals surface area contributed by atoms with Crippen LogP contribution in [-0.2, 0) is 4.79 Å². The van der Waals surface area contributed by atoms with Gasteiger partial charge >= 0.3 is 5.97 Å². The van der Waals surface area contributed by atoms with Crippen molar-refractivity contribution in [2.45, 2.75) is 32.1 Å². The highest BCUT2D eigenvalue weighted by Gasteiger charge is 2.39. The molecule has 1 saturated carbocycles. The first-order valence-corrected chi connectivity index (χ1v) is 7.80. The van der Waals surface area contributed by atoms with Gasteiger partial charge < -0.3 is 16.2 Å². The van der Waals surface area contributed by atoms with Gasteiger partial charge in [0.2, 0.25) is 5.91 Å². The van der Waals surface area contributed by atoms with Crippen LogP contribution in [0.25, 0.3) is 0 Å². The number of primary amides is 1. The van der Waals surface area contributed by atoms with Crippen molar-refractivity contribution in [1.82, 2.24) is 0 Å². The summed E-state index contributed by atoms with van der Waals surface area (Å²) in [6, 6.07) is 5.12. The quantitative estimate of drug-likeness (QED) is 0.757. The van der Waals surface area contributed by atoms with Gasteiger partial charge in [0.05, 0.1) is 11.0 Å². The van der Waals surface area contributed by atoms with Gasteiger partial charge in [-0.1, -0.05) is 19.3 Å². The number of hydrogen-bond donors (Lipinski definition) is 3. The van der Waals surface area contributed by atoms with Crippen LogP contribution in [0.5, 0.6) is 0 Å². The topological polar surface area (TPSA) is 92.4 Å². The third kappa shape index (κ3) is 3.56. The van der Waals surface area contributed by atoms with E-state index in [-0.39, 0.29) is 0 Å². The Balaban J connectivity index is 2.09. The molecular weight excluding hydrogens is 336 g/mol. The molecule has 0 atom stereocenters. The number of rotatable bonds is 5. The molecule has 4 N–H and O–H groups in total. The summed E-state index contributed by atoms with van der Waals surface area (Å²) in [5.74, 6) is -1.23. The first-order chi connectivity index (χ1) is 9.94. The van der Waals surface area contributed by atoms with Crippen LogP contribution in [-0.4, -0.2) is 23.5 Å². The maximum absolute atomic E-state index is 11.6. The number of carboxylic acid groups (broad SMARTS) is 1. The maximum atomic E-state index is 11.6. The summed E-state index contributed by atoms with van der Waals surface area (Å²) in [6.45, 7) is 0.394. The van der Waals surface area contributed by atoms with Crippen LogP contribution >= 0.6 is 15.9 Å². The van der Waals surface area contributed by atoms with Gasteiger partial charge in [-0.15, -0.1) is 0 Å². The first kappa shape index (κ1) is 15.8. The molecule has 1 aromatic rings. The molecule has 1 amide bonds. The number of carbonyl (C=O) groups is 2. The highest BCUT2D eigenvalue weighted by Crippen LogP contribution is 2.37. The molecule has 0 bridgehead atoms. The molecule has 0 unspecified atom stereocenters. The molecule has 0 heterocycles. The first-order valence-electron chi connectivity index (χ1n) is 7.01. The van der Waals surface area contributed by atoms with Crippen LogP contribution in [0.2, 0.25) is 0 Å². The molecule has 2 rings (SSSR count). The number of hydrogen-bond acceptors (Lipinski definition) is 3. The van der Waals surface area contributed by atoms with E-state index in [1.54, 1.807) is 18.2 Å². The number of nitrogens with one attached hydrogen (secondary N) is 1. The second-order valence-electron chi connectivity index (χ2n) is 5.56. The summed E-state index contributed by atoms with van der Waals surface area (Å²) in [5.41, 5.74) is 5.75. The van der Waals surface area contributed by atoms with Gasteiger partial charge in [-0.3, -0.25) is 9.59 Å². The number of aliphatic carboxylic acids is 1. The molecule has 1 aliphatic carbocycles. The van der Waals surface area contributed by atoms with E-state index in [0.717, 1.165) is 24.9 Å². The minimum absolute atomic E-state index is 0.394. The van der Waals surface area contributed by atoms with Crippen molar-refractivity contribution in [1.29, 1.82) is 0 Å². The van der Waals surface area contributed by atoms with Gasteiger partial charge in [0, 0.05) is 16.7 Å². The Bertz CT molecular complexity index is 554. The molecule has 1 aliphatic rings. The van der Waals surface area contributed by atoms with Crippen molar-refractivity contribution in [3.63, 3.8) is 0 Å². The molecule has 0 aliphatic heterocycles. The normalized spacial score (nSPS) is 17.2. The predicted octanol–water partition coefficient (Wildman–Crippen LogP) is 3.00. The Labute approximate surface area is 132 Å². The van der Waals surface area contributed by atoms with Crippen LogP contribution in [0.4, 0.5) is 5.69 Å². The summed E-state index contributed by atoms with van der Waals surface area (Å²) in [7, 11) is 0. The van der Waals surface area contributed by atoms with E-state index in [0.29, 0.717) is 29.4 Å². The Kier molecular flexibility index (Phi) is 4.88. The summed E-state index contributed by atoms with van der Waals surface area (Å²) in [4.78, 5) is 22.8. The number of carboxylic acids is 1. The molecular formula is C15H19BrN2O3. The van der Waals surface area contributed by atoms with Gasteiger partial charge in [-0.25, -0.2) is 0 Å². The zero-order valence-electron chi connectivity index (χ0n) is 11.7. The second-order valence-corrected chi connectivity index (χ2v) is 6.41. The van der Waals surface area contributed by atoms with E-state index in [4.69, 9.17) is 5.73 Å². The summed E-state index contributed by atoms with van der Waals surface area (Å²) < 4.78 is 0.605. The molecule has 6 heteroatoms. The van der Waals surface area contributed by atoms with Crippen LogP contribution in [0, 0.1) is 5.41 Å². The maximum Gasteiger partial charge on any atom is 0.311 e. The van der Waals surface area contributed by atoms with Gasteiger partial charge in [-0.2, -0.15) is 0 Å². The smallest absolute Gasteiger partial charge is 0.311 e. The molecule has 0 spiro atoms. The Morgan fingerprint density at radius 2 is 1.95 bits per heavy atom. The average molecular weight is 355 g/mol. The van der Waals surface area contributed by atoms with Gasteiger partial charge in [-0.05, 0) is 47.0 Å². The number of halogens is 1. The van der Waals surface area contributed by atoms with Crippen LogP contribution in [0.3, 0.4) is 0 Å². The van der Waals surface area contributed by atoms with Crippen LogP contribution in [0.15, 0.2) is 22.7 Å². The lowest BCUT2D eigenvalue weighted by atomic mass is 9.74. The molecule has 114 valence electrons. The average Bonchev–Trinajstić information content (AvgIpc) is 2.45. The minimum atomic E-state index is -0.734. The lowest BCUT2D eigenvalue weighted by molar-refractivity contribution is -0.150. The molecule has 1 aromatic carbocycles. The molecule has 21 heavy (non-hydrogen) atoms. The number of amides is 1. The fourth-order valence-corrected chi connectivity index (χ4v) is 3.37. The van der Waals surface area contributed by atoms with Crippen LogP contribution < -0.4 is 11.1 Å².